The Morgan fingerprint density at radius 2 is 1.96 bits per heavy atom. The molecule has 0 saturated heterocycles. The topological polar surface area (TPSA) is 76.7 Å². The molecule has 0 aromatic heterocycles. The number of urea groups is 1. The number of amides is 2. The van der Waals surface area contributed by atoms with E-state index in [-0.39, 0.29) is 12.0 Å². The number of carbonyl (C=O) groups is 2. The highest BCUT2D eigenvalue weighted by Crippen LogP contribution is 2.28. The van der Waals surface area contributed by atoms with Crippen molar-refractivity contribution in [1.29, 1.82) is 0 Å². The van der Waals surface area contributed by atoms with E-state index in [0.717, 1.165) is 18.9 Å². The van der Waals surface area contributed by atoms with Crippen LogP contribution in [0.1, 0.15) is 36.5 Å². The molecule has 0 bridgehead atoms. The highest BCUT2D eigenvalue weighted by Gasteiger charge is 2.20. The minimum absolute atomic E-state index is 0.268. The summed E-state index contributed by atoms with van der Waals surface area (Å²) in [4.78, 5) is 23.2. The Hall–Kier alpha value is -2.08. The Morgan fingerprint density at radius 1 is 1.22 bits per heavy atom. The van der Waals surface area contributed by atoms with Gasteiger partial charge in [-0.15, -0.1) is 0 Å². The highest BCUT2D eigenvalue weighted by atomic mass is 16.5. The molecule has 2 amide bonds. The van der Waals surface area contributed by atoms with Crippen LogP contribution in [0.2, 0.25) is 0 Å². The number of carbonyl (C=O) groups excluding carboxylic acids is 2. The van der Waals surface area contributed by atoms with Crippen LogP contribution in [0, 0.1) is 5.92 Å². The van der Waals surface area contributed by atoms with E-state index in [2.05, 4.69) is 10.6 Å². The zero-order valence-electron chi connectivity index (χ0n) is 13.5. The average Bonchev–Trinajstić information content (AvgIpc) is 3.36. The van der Waals surface area contributed by atoms with Crippen molar-refractivity contribution >= 4 is 17.7 Å². The Bertz CT molecular complexity index is 512. The minimum atomic E-state index is -0.366. The van der Waals surface area contributed by atoms with Crippen LogP contribution >= 0.6 is 0 Å². The number of benzene rings is 1. The molecule has 1 aliphatic carbocycles. The molecule has 1 aromatic rings. The van der Waals surface area contributed by atoms with Gasteiger partial charge >= 0.3 is 12.0 Å². The molecule has 2 N–H and O–H groups in total. The lowest BCUT2D eigenvalue weighted by molar-refractivity contribution is 0.0526. The van der Waals surface area contributed by atoms with Gasteiger partial charge in [0.15, 0.2) is 0 Å². The highest BCUT2D eigenvalue weighted by molar-refractivity contribution is 5.92. The van der Waals surface area contributed by atoms with Crippen molar-refractivity contribution in [2.24, 2.45) is 5.92 Å². The molecular weight excluding hydrogens is 296 g/mol. The molecule has 0 aliphatic heterocycles. The number of esters is 1. The molecule has 2 rings (SSSR count). The zero-order chi connectivity index (χ0) is 16.5. The van der Waals surface area contributed by atoms with Crippen LogP contribution in [0.5, 0.6) is 0 Å². The summed E-state index contributed by atoms with van der Waals surface area (Å²) in [7, 11) is 0. The van der Waals surface area contributed by atoms with Gasteiger partial charge in [0.25, 0.3) is 0 Å². The summed E-state index contributed by atoms with van der Waals surface area (Å²) >= 11 is 0. The second kappa shape index (κ2) is 9.15. The molecule has 6 heteroatoms. The molecule has 0 unspecified atom stereocenters. The summed E-state index contributed by atoms with van der Waals surface area (Å²) in [6.45, 7) is 4.18. The molecule has 6 nitrogen and oxygen atoms in total. The largest absolute Gasteiger partial charge is 0.462 e. The fraction of sp³-hybridized carbons (Fsp3) is 0.529. The maximum absolute atomic E-state index is 11.7. The lowest BCUT2D eigenvalue weighted by Crippen LogP contribution is -2.30. The normalized spacial score (nSPS) is 13.4. The van der Waals surface area contributed by atoms with Gasteiger partial charge in [-0.25, -0.2) is 9.59 Å². The Kier molecular flexibility index (Phi) is 6.87. The van der Waals surface area contributed by atoms with Crippen molar-refractivity contribution in [1.82, 2.24) is 5.32 Å². The fourth-order valence-electron chi connectivity index (χ4n) is 1.99. The van der Waals surface area contributed by atoms with Gasteiger partial charge in [0, 0.05) is 25.4 Å². The summed E-state index contributed by atoms with van der Waals surface area (Å²) in [5.74, 6) is 0.401. The van der Waals surface area contributed by atoms with E-state index < -0.39 is 0 Å². The number of nitrogens with one attached hydrogen (secondary N) is 2. The number of hydrogen-bond donors (Lipinski definition) is 2. The quantitative estimate of drug-likeness (QED) is 0.542. The van der Waals surface area contributed by atoms with Crippen molar-refractivity contribution in [3.8, 4) is 0 Å². The van der Waals surface area contributed by atoms with Gasteiger partial charge in [0.2, 0.25) is 0 Å². The lowest BCUT2D eigenvalue weighted by atomic mass is 10.2. The van der Waals surface area contributed by atoms with Gasteiger partial charge in [-0.3, -0.25) is 0 Å². The number of ether oxygens (including phenoxy) is 2. The first kappa shape index (κ1) is 17.3. The second-order valence-corrected chi connectivity index (χ2v) is 5.55. The molecule has 1 aromatic carbocycles. The van der Waals surface area contributed by atoms with Crippen LogP contribution in [0.3, 0.4) is 0 Å². The van der Waals surface area contributed by atoms with E-state index in [4.69, 9.17) is 9.47 Å². The maximum Gasteiger partial charge on any atom is 0.338 e. The molecule has 23 heavy (non-hydrogen) atoms. The lowest BCUT2D eigenvalue weighted by Gasteiger charge is -2.08. The van der Waals surface area contributed by atoms with E-state index >= 15 is 0 Å². The summed E-state index contributed by atoms with van der Waals surface area (Å²) < 4.78 is 10.4. The maximum atomic E-state index is 11.7. The molecule has 126 valence electrons. The van der Waals surface area contributed by atoms with Crippen LogP contribution < -0.4 is 10.6 Å². The molecule has 1 aliphatic rings. The third-order valence-corrected chi connectivity index (χ3v) is 3.46. The number of rotatable bonds is 9. The van der Waals surface area contributed by atoms with E-state index in [9.17, 15) is 9.59 Å². The van der Waals surface area contributed by atoms with Crippen LogP contribution in [-0.4, -0.2) is 38.4 Å². The standard InChI is InChI=1S/C17H24N2O4/c1-2-23-16(20)14-6-8-15(9-7-14)19-17(21)18-10-3-11-22-12-13-4-5-13/h6-9,13H,2-5,10-12H2,1H3,(H2,18,19,21). The van der Waals surface area contributed by atoms with Gasteiger partial charge in [-0.05, 0) is 56.4 Å². The molecule has 0 atom stereocenters. The van der Waals surface area contributed by atoms with Gasteiger partial charge in [-0.1, -0.05) is 0 Å². The molecular formula is C17H24N2O4. The second-order valence-electron chi connectivity index (χ2n) is 5.55. The summed E-state index contributed by atoms with van der Waals surface area (Å²) in [6, 6.07) is 6.32. The SMILES string of the molecule is CCOC(=O)c1ccc(NC(=O)NCCCOCC2CC2)cc1. The first-order valence-electron chi connectivity index (χ1n) is 8.09. The predicted octanol–water partition coefficient (Wildman–Crippen LogP) is 2.80. The number of anilines is 1. The Labute approximate surface area is 136 Å². The molecule has 1 saturated carbocycles. The first-order chi connectivity index (χ1) is 11.2. The summed E-state index contributed by atoms with van der Waals surface area (Å²) in [6.07, 6.45) is 3.37. The van der Waals surface area contributed by atoms with Crippen molar-refractivity contribution in [3.05, 3.63) is 29.8 Å². The average molecular weight is 320 g/mol. The monoisotopic (exact) mass is 320 g/mol. The van der Waals surface area contributed by atoms with Crippen LogP contribution in [0.15, 0.2) is 24.3 Å². The number of hydrogen-bond acceptors (Lipinski definition) is 4. The fourth-order valence-corrected chi connectivity index (χ4v) is 1.99. The minimum Gasteiger partial charge on any atom is -0.462 e. The predicted molar refractivity (Wildman–Crippen MR) is 87.6 cm³/mol. The van der Waals surface area contributed by atoms with Gasteiger partial charge < -0.3 is 20.1 Å². The third-order valence-electron chi connectivity index (χ3n) is 3.46. The third kappa shape index (κ3) is 6.69. The van der Waals surface area contributed by atoms with E-state index in [1.807, 2.05) is 0 Å². The molecule has 0 heterocycles. The Morgan fingerprint density at radius 3 is 2.61 bits per heavy atom. The summed E-state index contributed by atoms with van der Waals surface area (Å²) in [5, 5.41) is 5.49. The molecule has 1 fully saturated rings. The van der Waals surface area contributed by atoms with E-state index in [1.165, 1.54) is 12.8 Å². The molecule has 0 spiro atoms. The molecule has 0 radical (unpaired) electrons. The van der Waals surface area contributed by atoms with Crippen molar-refractivity contribution < 1.29 is 19.1 Å². The van der Waals surface area contributed by atoms with Crippen LogP contribution in [0.25, 0.3) is 0 Å². The van der Waals surface area contributed by atoms with E-state index in [0.29, 0.717) is 31.0 Å². The summed E-state index contributed by atoms with van der Waals surface area (Å²) in [5.41, 5.74) is 1.09. The van der Waals surface area contributed by atoms with Gasteiger partial charge in [0.05, 0.1) is 12.2 Å². The zero-order valence-corrected chi connectivity index (χ0v) is 13.5. The van der Waals surface area contributed by atoms with Crippen molar-refractivity contribution in [3.63, 3.8) is 0 Å². The van der Waals surface area contributed by atoms with Gasteiger partial charge in [-0.2, -0.15) is 0 Å². The Balaban J connectivity index is 1.61. The van der Waals surface area contributed by atoms with Gasteiger partial charge in [0.1, 0.15) is 0 Å². The van der Waals surface area contributed by atoms with E-state index in [1.54, 1.807) is 31.2 Å². The van der Waals surface area contributed by atoms with Crippen molar-refractivity contribution in [2.75, 3.05) is 31.7 Å². The van der Waals surface area contributed by atoms with Crippen LogP contribution in [0.4, 0.5) is 10.5 Å². The first-order valence-corrected chi connectivity index (χ1v) is 8.09. The van der Waals surface area contributed by atoms with Crippen molar-refractivity contribution in [2.45, 2.75) is 26.2 Å². The smallest absolute Gasteiger partial charge is 0.338 e. The van der Waals surface area contributed by atoms with Crippen LogP contribution in [-0.2, 0) is 9.47 Å².